The summed E-state index contributed by atoms with van der Waals surface area (Å²) < 4.78 is 5.17. The van der Waals surface area contributed by atoms with Crippen LogP contribution in [0.5, 0.6) is 0 Å². The normalized spacial score (nSPS) is 15.4. The number of benzene rings is 1. The maximum absolute atomic E-state index is 11.8. The van der Waals surface area contributed by atoms with Crippen molar-refractivity contribution in [2.45, 2.75) is 0 Å². The SMILES string of the molecule is O=Cc1cccc(NC(=O)N2CCOCC2)c1. The molecule has 1 saturated heterocycles. The van der Waals surface area contributed by atoms with Gasteiger partial charge in [0.1, 0.15) is 6.29 Å². The predicted molar refractivity (Wildman–Crippen MR) is 63.2 cm³/mol. The van der Waals surface area contributed by atoms with Crippen LogP contribution in [0.1, 0.15) is 10.4 Å². The molecule has 17 heavy (non-hydrogen) atoms. The summed E-state index contributed by atoms with van der Waals surface area (Å²) in [5.74, 6) is 0. The Kier molecular flexibility index (Phi) is 3.72. The van der Waals surface area contributed by atoms with Crippen molar-refractivity contribution in [2.75, 3.05) is 31.6 Å². The molecule has 1 aromatic carbocycles. The Labute approximate surface area is 99.4 Å². The molecule has 0 atom stereocenters. The molecule has 0 unspecified atom stereocenters. The van der Waals surface area contributed by atoms with E-state index in [0.717, 1.165) is 6.29 Å². The fourth-order valence-corrected chi connectivity index (χ4v) is 1.66. The van der Waals surface area contributed by atoms with Gasteiger partial charge in [0.05, 0.1) is 13.2 Å². The van der Waals surface area contributed by atoms with Crippen LogP contribution in [-0.4, -0.2) is 43.5 Å². The van der Waals surface area contributed by atoms with Crippen LogP contribution >= 0.6 is 0 Å². The van der Waals surface area contributed by atoms with E-state index in [1.54, 1.807) is 29.2 Å². The lowest BCUT2D eigenvalue weighted by molar-refractivity contribution is 0.0564. The second kappa shape index (κ2) is 5.45. The van der Waals surface area contributed by atoms with Gasteiger partial charge >= 0.3 is 6.03 Å². The third-order valence-electron chi connectivity index (χ3n) is 2.57. The number of anilines is 1. The molecular weight excluding hydrogens is 220 g/mol. The molecule has 0 bridgehead atoms. The molecule has 1 aliphatic rings. The molecule has 2 amide bonds. The highest BCUT2D eigenvalue weighted by Gasteiger charge is 2.16. The van der Waals surface area contributed by atoms with E-state index in [-0.39, 0.29) is 6.03 Å². The lowest BCUT2D eigenvalue weighted by atomic mass is 10.2. The number of nitrogens with zero attached hydrogens (tertiary/aromatic N) is 1. The van der Waals surface area contributed by atoms with Gasteiger partial charge in [-0.15, -0.1) is 0 Å². The van der Waals surface area contributed by atoms with Gasteiger partial charge in [0.15, 0.2) is 0 Å². The van der Waals surface area contributed by atoms with Gasteiger partial charge in [0, 0.05) is 24.3 Å². The summed E-state index contributed by atoms with van der Waals surface area (Å²) in [6.45, 7) is 2.34. The minimum Gasteiger partial charge on any atom is -0.378 e. The van der Waals surface area contributed by atoms with Gasteiger partial charge in [-0.05, 0) is 12.1 Å². The van der Waals surface area contributed by atoms with Crippen molar-refractivity contribution >= 4 is 18.0 Å². The number of morpholine rings is 1. The Morgan fingerprint density at radius 1 is 1.35 bits per heavy atom. The van der Waals surface area contributed by atoms with Crippen LogP contribution in [0, 0.1) is 0 Å². The van der Waals surface area contributed by atoms with E-state index in [9.17, 15) is 9.59 Å². The van der Waals surface area contributed by atoms with Gasteiger partial charge in [0.25, 0.3) is 0 Å². The van der Waals surface area contributed by atoms with E-state index < -0.39 is 0 Å². The average Bonchev–Trinajstić information content (AvgIpc) is 2.40. The second-order valence-corrected chi connectivity index (χ2v) is 3.77. The standard InChI is InChI=1S/C12H14N2O3/c15-9-10-2-1-3-11(8-10)13-12(16)14-4-6-17-7-5-14/h1-3,8-9H,4-7H2,(H,13,16). The largest absolute Gasteiger partial charge is 0.378 e. The first-order valence-corrected chi connectivity index (χ1v) is 5.48. The van der Waals surface area contributed by atoms with Crippen LogP contribution in [0.4, 0.5) is 10.5 Å². The second-order valence-electron chi connectivity index (χ2n) is 3.77. The molecule has 0 aromatic heterocycles. The first-order chi connectivity index (χ1) is 8.29. The summed E-state index contributed by atoms with van der Waals surface area (Å²) in [6, 6.07) is 6.67. The van der Waals surface area contributed by atoms with Crippen LogP contribution in [0.15, 0.2) is 24.3 Å². The summed E-state index contributed by atoms with van der Waals surface area (Å²) in [6.07, 6.45) is 0.754. The van der Waals surface area contributed by atoms with Gasteiger partial charge in [-0.2, -0.15) is 0 Å². The molecule has 1 aliphatic heterocycles. The molecule has 90 valence electrons. The molecule has 0 aliphatic carbocycles. The van der Waals surface area contributed by atoms with Crippen molar-refractivity contribution in [1.29, 1.82) is 0 Å². The number of carbonyl (C=O) groups excluding carboxylic acids is 2. The Morgan fingerprint density at radius 2 is 2.12 bits per heavy atom. The third kappa shape index (κ3) is 3.04. The van der Waals surface area contributed by atoms with Crippen LogP contribution in [0.3, 0.4) is 0 Å². The van der Waals surface area contributed by atoms with Crippen molar-refractivity contribution in [3.8, 4) is 0 Å². The lowest BCUT2D eigenvalue weighted by Gasteiger charge is -2.26. The van der Waals surface area contributed by atoms with E-state index >= 15 is 0 Å². The molecule has 1 heterocycles. The van der Waals surface area contributed by atoms with Crippen LogP contribution in [0.25, 0.3) is 0 Å². The van der Waals surface area contributed by atoms with Crippen LogP contribution in [-0.2, 0) is 4.74 Å². The fraction of sp³-hybridized carbons (Fsp3) is 0.333. The fourth-order valence-electron chi connectivity index (χ4n) is 1.66. The van der Waals surface area contributed by atoms with Crippen LogP contribution < -0.4 is 5.32 Å². The summed E-state index contributed by atoms with van der Waals surface area (Å²) in [5.41, 5.74) is 1.18. The molecular formula is C12H14N2O3. The molecule has 5 heteroatoms. The zero-order valence-electron chi connectivity index (χ0n) is 9.39. The minimum absolute atomic E-state index is 0.156. The molecule has 2 rings (SSSR count). The van der Waals surface area contributed by atoms with E-state index in [2.05, 4.69) is 5.32 Å². The highest BCUT2D eigenvalue weighted by atomic mass is 16.5. The maximum atomic E-state index is 11.8. The number of rotatable bonds is 2. The minimum atomic E-state index is -0.156. The topological polar surface area (TPSA) is 58.6 Å². The summed E-state index contributed by atoms with van der Waals surface area (Å²) in [5, 5.41) is 2.76. The van der Waals surface area contributed by atoms with Crippen LogP contribution in [0.2, 0.25) is 0 Å². The smallest absolute Gasteiger partial charge is 0.321 e. The molecule has 0 saturated carbocycles. The predicted octanol–water partition coefficient (Wildman–Crippen LogP) is 1.36. The number of aldehydes is 1. The first-order valence-electron chi connectivity index (χ1n) is 5.48. The maximum Gasteiger partial charge on any atom is 0.321 e. The van der Waals surface area contributed by atoms with Gasteiger partial charge in [0.2, 0.25) is 0 Å². The Balaban J connectivity index is 1.99. The number of amides is 2. The monoisotopic (exact) mass is 234 g/mol. The van der Waals surface area contributed by atoms with E-state index in [1.807, 2.05) is 0 Å². The zero-order valence-corrected chi connectivity index (χ0v) is 9.39. The van der Waals surface area contributed by atoms with Gasteiger partial charge < -0.3 is 15.0 Å². The Hall–Kier alpha value is -1.88. The molecule has 5 nitrogen and oxygen atoms in total. The lowest BCUT2D eigenvalue weighted by Crippen LogP contribution is -2.43. The molecule has 0 radical (unpaired) electrons. The van der Waals surface area contributed by atoms with Gasteiger partial charge in [-0.1, -0.05) is 12.1 Å². The quantitative estimate of drug-likeness (QED) is 0.786. The first kappa shape index (κ1) is 11.6. The Morgan fingerprint density at radius 3 is 2.82 bits per heavy atom. The van der Waals surface area contributed by atoms with E-state index in [1.165, 1.54) is 0 Å². The van der Waals surface area contributed by atoms with Crippen molar-refractivity contribution in [1.82, 2.24) is 4.90 Å². The molecule has 1 aromatic rings. The molecule has 0 spiro atoms. The van der Waals surface area contributed by atoms with Gasteiger partial charge in [-0.25, -0.2) is 4.79 Å². The Bertz CT molecular complexity index is 414. The molecule has 1 N–H and O–H groups in total. The van der Waals surface area contributed by atoms with Crippen molar-refractivity contribution in [2.24, 2.45) is 0 Å². The third-order valence-corrected chi connectivity index (χ3v) is 2.57. The van der Waals surface area contributed by atoms with Crippen molar-refractivity contribution in [3.05, 3.63) is 29.8 Å². The van der Waals surface area contributed by atoms with E-state index in [4.69, 9.17) is 4.74 Å². The molecule has 1 fully saturated rings. The van der Waals surface area contributed by atoms with Gasteiger partial charge in [-0.3, -0.25) is 4.79 Å². The number of ether oxygens (including phenoxy) is 1. The number of carbonyl (C=O) groups is 2. The summed E-state index contributed by atoms with van der Waals surface area (Å²) in [4.78, 5) is 24.1. The zero-order chi connectivity index (χ0) is 12.1. The van der Waals surface area contributed by atoms with Crippen molar-refractivity contribution in [3.63, 3.8) is 0 Å². The average molecular weight is 234 g/mol. The number of nitrogens with one attached hydrogen (secondary N) is 1. The summed E-state index contributed by atoms with van der Waals surface area (Å²) in [7, 11) is 0. The number of hydrogen-bond donors (Lipinski definition) is 1. The number of urea groups is 1. The highest BCUT2D eigenvalue weighted by molar-refractivity contribution is 5.90. The van der Waals surface area contributed by atoms with Crippen molar-refractivity contribution < 1.29 is 14.3 Å². The van der Waals surface area contributed by atoms with E-state index in [0.29, 0.717) is 37.6 Å². The highest BCUT2D eigenvalue weighted by Crippen LogP contribution is 2.10. The number of hydrogen-bond acceptors (Lipinski definition) is 3. The summed E-state index contributed by atoms with van der Waals surface area (Å²) >= 11 is 0.